The molecular weight excluding hydrogens is 330 g/mol. The summed E-state index contributed by atoms with van der Waals surface area (Å²) in [6.07, 6.45) is 4.85. The van der Waals surface area contributed by atoms with Gasteiger partial charge in [-0.3, -0.25) is 9.69 Å². The Morgan fingerprint density at radius 3 is 2.80 bits per heavy atom. The van der Waals surface area contributed by atoms with E-state index in [0.29, 0.717) is 17.5 Å². The highest BCUT2D eigenvalue weighted by molar-refractivity contribution is 7.21. The molecule has 3 saturated heterocycles. The van der Waals surface area contributed by atoms with E-state index in [1.807, 2.05) is 25.1 Å². The Balaban J connectivity index is 1.45. The number of fused-ring (bicyclic) bond motifs is 3. The fraction of sp³-hybridized carbons (Fsp3) is 0.500. The maximum atomic E-state index is 13.0. The predicted molar refractivity (Wildman–Crippen MR) is 98.8 cm³/mol. The molecule has 4 aliphatic rings. The van der Waals surface area contributed by atoms with Gasteiger partial charge in [0.2, 0.25) is 0 Å². The summed E-state index contributed by atoms with van der Waals surface area (Å²) in [6.45, 7) is 4.34. The number of nitriles is 1. The molecule has 1 atom stereocenters. The highest BCUT2D eigenvalue weighted by Gasteiger charge is 2.60. The molecule has 4 fully saturated rings. The van der Waals surface area contributed by atoms with Gasteiger partial charge in [0.05, 0.1) is 21.2 Å². The fourth-order valence-corrected chi connectivity index (χ4v) is 6.10. The molecule has 0 radical (unpaired) electrons. The van der Waals surface area contributed by atoms with Crippen LogP contribution in [0.4, 0.5) is 0 Å². The van der Waals surface area contributed by atoms with Gasteiger partial charge >= 0.3 is 0 Å². The summed E-state index contributed by atoms with van der Waals surface area (Å²) in [6, 6.07) is 8.50. The van der Waals surface area contributed by atoms with Crippen molar-refractivity contribution in [2.75, 3.05) is 13.1 Å². The summed E-state index contributed by atoms with van der Waals surface area (Å²) < 4.78 is 0.933. The largest absolute Gasteiger partial charge is 0.346 e. The van der Waals surface area contributed by atoms with Gasteiger partial charge in [-0.2, -0.15) is 5.26 Å². The number of benzene rings is 1. The third-order valence-corrected chi connectivity index (χ3v) is 7.67. The summed E-state index contributed by atoms with van der Waals surface area (Å²) in [5.41, 5.74) is 1.92. The van der Waals surface area contributed by atoms with Crippen molar-refractivity contribution in [3.05, 3.63) is 34.2 Å². The monoisotopic (exact) mass is 351 g/mol. The first-order valence-corrected chi connectivity index (χ1v) is 9.93. The number of nitrogens with one attached hydrogen (secondary N) is 1. The van der Waals surface area contributed by atoms with Crippen molar-refractivity contribution in [1.29, 1.82) is 5.26 Å². The van der Waals surface area contributed by atoms with Gasteiger partial charge in [-0.15, -0.1) is 11.3 Å². The van der Waals surface area contributed by atoms with Crippen molar-refractivity contribution in [3.8, 4) is 6.07 Å². The number of aryl methyl sites for hydroxylation is 1. The minimum Gasteiger partial charge on any atom is -0.346 e. The topological polar surface area (TPSA) is 56.1 Å². The van der Waals surface area contributed by atoms with Crippen LogP contribution in [-0.2, 0) is 0 Å². The molecule has 1 amide bonds. The average molecular weight is 351 g/mol. The third-order valence-electron chi connectivity index (χ3n) is 6.50. The molecule has 2 aromatic rings. The lowest BCUT2D eigenvalue weighted by atomic mass is 9.77. The average Bonchev–Trinajstić information content (AvgIpc) is 3.28. The van der Waals surface area contributed by atoms with Crippen LogP contribution in [0.1, 0.15) is 46.5 Å². The van der Waals surface area contributed by atoms with Gasteiger partial charge in [-0.1, -0.05) is 12.1 Å². The standard InChI is InChI=1S/C20H21N3OS/c1-12-2-3-14-10-16(25-17(14)15(12)11-21)19(24)22-18-13-4-8-23(9-5-13)20(18)6-7-20/h2-3,10,13,18H,4-9H2,1H3,(H,22,24). The number of rotatable bonds is 2. The van der Waals surface area contributed by atoms with Crippen molar-refractivity contribution in [3.63, 3.8) is 0 Å². The van der Waals surface area contributed by atoms with Crippen LogP contribution in [0.3, 0.4) is 0 Å². The second-order valence-electron chi connectivity index (χ2n) is 7.78. The van der Waals surface area contributed by atoms with E-state index in [9.17, 15) is 10.1 Å². The number of thiophene rings is 1. The van der Waals surface area contributed by atoms with E-state index in [1.165, 1.54) is 50.1 Å². The Bertz CT molecular complexity index is 913. The molecule has 25 heavy (non-hydrogen) atoms. The van der Waals surface area contributed by atoms with Gasteiger partial charge in [0.15, 0.2) is 0 Å². The quantitative estimate of drug-likeness (QED) is 0.902. The van der Waals surface area contributed by atoms with E-state index < -0.39 is 0 Å². The van der Waals surface area contributed by atoms with Crippen LogP contribution in [0.15, 0.2) is 18.2 Å². The SMILES string of the molecule is Cc1ccc2cc(C(=O)NC3C4CCN(CC4)C34CC4)sc2c1C#N. The smallest absolute Gasteiger partial charge is 0.261 e. The first kappa shape index (κ1) is 15.4. The number of carbonyl (C=O) groups excluding carboxylic acids is 1. The first-order chi connectivity index (χ1) is 12.1. The molecule has 5 heteroatoms. The Morgan fingerprint density at radius 1 is 1.36 bits per heavy atom. The number of amides is 1. The van der Waals surface area contributed by atoms with E-state index >= 15 is 0 Å². The lowest BCUT2D eigenvalue weighted by Gasteiger charge is -2.52. The zero-order chi connectivity index (χ0) is 17.2. The van der Waals surface area contributed by atoms with Crippen LogP contribution in [0.25, 0.3) is 10.1 Å². The van der Waals surface area contributed by atoms with Crippen LogP contribution in [0, 0.1) is 24.2 Å². The van der Waals surface area contributed by atoms with Gasteiger partial charge in [0.25, 0.3) is 5.91 Å². The lowest BCUT2D eigenvalue weighted by molar-refractivity contribution is -0.00138. The zero-order valence-corrected chi connectivity index (χ0v) is 15.2. The molecule has 3 aliphatic heterocycles. The Kier molecular flexibility index (Phi) is 3.25. The highest BCUT2D eigenvalue weighted by atomic mass is 32.1. The molecule has 2 bridgehead atoms. The maximum absolute atomic E-state index is 13.0. The number of piperidine rings is 3. The normalized spacial score (nSPS) is 28.9. The molecule has 1 saturated carbocycles. The first-order valence-electron chi connectivity index (χ1n) is 9.11. The van der Waals surface area contributed by atoms with E-state index in [4.69, 9.17) is 0 Å². The molecule has 1 spiro atoms. The van der Waals surface area contributed by atoms with E-state index in [-0.39, 0.29) is 11.4 Å². The Hall–Kier alpha value is -1.90. The van der Waals surface area contributed by atoms with Crippen molar-refractivity contribution < 1.29 is 4.79 Å². The van der Waals surface area contributed by atoms with Crippen LogP contribution >= 0.6 is 11.3 Å². The van der Waals surface area contributed by atoms with Gasteiger partial charge in [0.1, 0.15) is 6.07 Å². The number of nitrogens with zero attached hydrogens (tertiary/aromatic N) is 2. The minimum atomic E-state index is 0.0350. The lowest BCUT2D eigenvalue weighted by Crippen LogP contribution is -2.65. The zero-order valence-electron chi connectivity index (χ0n) is 14.3. The highest BCUT2D eigenvalue weighted by Crippen LogP contribution is 2.53. The van der Waals surface area contributed by atoms with Crippen molar-refractivity contribution in [2.24, 2.45) is 5.92 Å². The summed E-state index contributed by atoms with van der Waals surface area (Å²) >= 11 is 1.45. The van der Waals surface area contributed by atoms with Crippen molar-refractivity contribution >= 4 is 27.3 Å². The maximum Gasteiger partial charge on any atom is 0.261 e. The van der Waals surface area contributed by atoms with Crippen molar-refractivity contribution in [2.45, 2.75) is 44.2 Å². The summed E-state index contributed by atoms with van der Waals surface area (Å²) in [5.74, 6) is 0.663. The van der Waals surface area contributed by atoms with Crippen molar-refractivity contribution in [1.82, 2.24) is 10.2 Å². The van der Waals surface area contributed by atoms with Crippen LogP contribution in [0.2, 0.25) is 0 Å². The van der Waals surface area contributed by atoms with Gasteiger partial charge in [-0.25, -0.2) is 0 Å². The third kappa shape index (κ3) is 2.17. The van der Waals surface area contributed by atoms with Gasteiger partial charge in [0, 0.05) is 5.54 Å². The number of hydrogen-bond acceptors (Lipinski definition) is 4. The van der Waals surface area contributed by atoms with Gasteiger partial charge < -0.3 is 5.32 Å². The molecule has 4 heterocycles. The molecule has 1 aliphatic carbocycles. The Labute approximate surface area is 151 Å². The molecule has 6 rings (SSSR count). The predicted octanol–water partition coefficient (Wildman–Crippen LogP) is 3.44. The van der Waals surface area contributed by atoms with Gasteiger partial charge in [-0.05, 0) is 68.6 Å². The van der Waals surface area contributed by atoms with Crippen LogP contribution < -0.4 is 5.32 Å². The number of carbonyl (C=O) groups is 1. The molecule has 1 unspecified atom stereocenters. The molecule has 1 aromatic carbocycles. The van der Waals surface area contributed by atoms with E-state index in [1.54, 1.807) is 0 Å². The molecule has 4 nitrogen and oxygen atoms in total. The molecule has 128 valence electrons. The Morgan fingerprint density at radius 2 is 2.12 bits per heavy atom. The number of hydrogen-bond donors (Lipinski definition) is 1. The summed E-state index contributed by atoms with van der Waals surface area (Å²) in [5, 5.41) is 13.8. The molecular formula is C20H21N3OS. The fourth-order valence-electron chi connectivity index (χ4n) is 4.99. The summed E-state index contributed by atoms with van der Waals surface area (Å²) in [4.78, 5) is 16.3. The minimum absolute atomic E-state index is 0.0350. The van der Waals surface area contributed by atoms with E-state index in [0.717, 1.165) is 20.5 Å². The second kappa shape index (κ2) is 5.30. The van der Waals surface area contributed by atoms with E-state index in [2.05, 4.69) is 16.3 Å². The molecule has 1 N–H and O–H groups in total. The van der Waals surface area contributed by atoms with Crippen LogP contribution in [0.5, 0.6) is 0 Å². The molecule has 1 aromatic heterocycles. The summed E-state index contributed by atoms with van der Waals surface area (Å²) in [7, 11) is 0. The van der Waals surface area contributed by atoms with Crippen LogP contribution in [-0.4, -0.2) is 35.5 Å². The second-order valence-corrected chi connectivity index (χ2v) is 8.83.